The second-order valence-corrected chi connectivity index (χ2v) is 4.55. The maximum absolute atomic E-state index is 10.5. The van der Waals surface area contributed by atoms with Crippen molar-refractivity contribution in [2.45, 2.75) is 40.5 Å². The summed E-state index contributed by atoms with van der Waals surface area (Å²) in [6.07, 6.45) is 3.03. The normalized spacial score (nSPS) is 9.89. The van der Waals surface area contributed by atoms with Crippen LogP contribution in [-0.4, -0.2) is 12.2 Å². The summed E-state index contributed by atoms with van der Waals surface area (Å²) in [6, 6.07) is 0. The van der Waals surface area contributed by atoms with E-state index in [0.29, 0.717) is 17.3 Å². The molecular weight excluding hydrogens is 228 g/mol. The molecule has 1 rings (SSSR count). The maximum atomic E-state index is 10.5. The van der Waals surface area contributed by atoms with Crippen LogP contribution in [0, 0.1) is 20.8 Å². The number of hydrogen-bond acceptors (Lipinski definition) is 4. The van der Waals surface area contributed by atoms with Crippen LogP contribution in [0.2, 0.25) is 0 Å². The molecule has 0 spiro atoms. The van der Waals surface area contributed by atoms with E-state index < -0.39 is 0 Å². The second kappa shape index (κ2) is 5.54. The summed E-state index contributed by atoms with van der Waals surface area (Å²) in [4.78, 5) is 28.4. The molecule has 0 bridgehead atoms. The van der Waals surface area contributed by atoms with Gasteiger partial charge in [0.25, 0.3) is 0 Å². The van der Waals surface area contributed by atoms with Crippen LogP contribution in [0.1, 0.15) is 42.0 Å². The van der Waals surface area contributed by atoms with Crippen molar-refractivity contribution in [1.29, 1.82) is 0 Å². The minimum Gasteiger partial charge on any atom is -0.211 e. The number of isocyanates is 2. The minimum absolute atomic E-state index is 0.304. The van der Waals surface area contributed by atoms with Gasteiger partial charge in [0.1, 0.15) is 11.4 Å². The van der Waals surface area contributed by atoms with E-state index in [4.69, 9.17) is 0 Å². The Balaban J connectivity index is 3.86. The predicted molar refractivity (Wildman–Crippen MR) is 70.3 cm³/mol. The minimum atomic E-state index is 0.304. The summed E-state index contributed by atoms with van der Waals surface area (Å²) in [5.74, 6) is 0.304. The van der Waals surface area contributed by atoms with Crippen LogP contribution in [0.25, 0.3) is 0 Å². The smallest absolute Gasteiger partial charge is 0.211 e. The highest BCUT2D eigenvalue weighted by atomic mass is 16.1. The summed E-state index contributed by atoms with van der Waals surface area (Å²) in [5.41, 5.74) is 4.74. The van der Waals surface area contributed by atoms with Gasteiger partial charge in [0.05, 0.1) is 0 Å². The number of aliphatic imine (C=N–C) groups is 2. The first-order valence-corrected chi connectivity index (χ1v) is 5.75. The molecule has 1 aromatic rings. The van der Waals surface area contributed by atoms with E-state index in [9.17, 15) is 9.59 Å². The molecule has 0 heterocycles. The first-order chi connectivity index (χ1) is 8.45. The van der Waals surface area contributed by atoms with Gasteiger partial charge in [-0.1, -0.05) is 13.8 Å². The molecule has 0 saturated carbocycles. The van der Waals surface area contributed by atoms with Crippen molar-refractivity contribution < 1.29 is 9.59 Å². The molecule has 0 atom stereocenters. The van der Waals surface area contributed by atoms with Crippen LogP contribution >= 0.6 is 0 Å². The molecule has 0 aliphatic carbocycles. The zero-order chi connectivity index (χ0) is 13.9. The Morgan fingerprint density at radius 2 is 1.28 bits per heavy atom. The topological polar surface area (TPSA) is 58.9 Å². The Morgan fingerprint density at radius 3 is 1.67 bits per heavy atom. The SMILES string of the molecule is Cc1c(C)c(C(C)C)c(C)c(N=C=O)c1N=C=O. The summed E-state index contributed by atoms with van der Waals surface area (Å²) in [5, 5.41) is 0. The van der Waals surface area contributed by atoms with Crippen molar-refractivity contribution in [3.63, 3.8) is 0 Å². The lowest BCUT2D eigenvalue weighted by atomic mass is 9.88. The Bertz CT molecular complexity index is 576. The Morgan fingerprint density at radius 1 is 0.833 bits per heavy atom. The fourth-order valence-corrected chi connectivity index (χ4v) is 2.37. The number of nitrogens with zero attached hydrogens (tertiary/aromatic N) is 2. The Hall–Kier alpha value is -2.02. The zero-order valence-electron chi connectivity index (χ0n) is 11.3. The molecule has 0 saturated heterocycles. The van der Waals surface area contributed by atoms with Gasteiger partial charge < -0.3 is 0 Å². The fourth-order valence-electron chi connectivity index (χ4n) is 2.37. The lowest BCUT2D eigenvalue weighted by molar-refractivity contribution is 0.564. The maximum Gasteiger partial charge on any atom is 0.240 e. The van der Waals surface area contributed by atoms with Gasteiger partial charge in [-0.15, -0.1) is 0 Å². The van der Waals surface area contributed by atoms with Crippen molar-refractivity contribution in [2.75, 3.05) is 0 Å². The molecule has 0 N–H and O–H groups in total. The summed E-state index contributed by atoms with van der Waals surface area (Å²) in [6.45, 7) is 9.87. The van der Waals surface area contributed by atoms with Gasteiger partial charge in [0, 0.05) is 0 Å². The molecule has 0 radical (unpaired) electrons. The molecular formula is C14H16N2O2. The van der Waals surface area contributed by atoms with Crippen molar-refractivity contribution in [2.24, 2.45) is 9.98 Å². The highest BCUT2D eigenvalue weighted by Gasteiger charge is 2.18. The third-order valence-corrected chi connectivity index (χ3v) is 3.20. The first kappa shape index (κ1) is 14.0. The van der Waals surface area contributed by atoms with E-state index in [2.05, 4.69) is 23.8 Å². The van der Waals surface area contributed by atoms with Crippen molar-refractivity contribution in [1.82, 2.24) is 0 Å². The molecule has 0 aliphatic rings. The van der Waals surface area contributed by atoms with E-state index in [0.717, 1.165) is 22.3 Å². The second-order valence-electron chi connectivity index (χ2n) is 4.55. The van der Waals surface area contributed by atoms with Crippen molar-refractivity contribution in [3.05, 3.63) is 22.3 Å². The van der Waals surface area contributed by atoms with E-state index >= 15 is 0 Å². The average molecular weight is 244 g/mol. The number of benzene rings is 1. The van der Waals surface area contributed by atoms with Crippen LogP contribution in [0.4, 0.5) is 11.4 Å². The number of rotatable bonds is 3. The van der Waals surface area contributed by atoms with Crippen LogP contribution < -0.4 is 0 Å². The molecule has 0 amide bonds. The molecule has 18 heavy (non-hydrogen) atoms. The highest BCUT2D eigenvalue weighted by molar-refractivity contribution is 5.77. The van der Waals surface area contributed by atoms with Gasteiger partial charge in [-0.05, 0) is 48.9 Å². The van der Waals surface area contributed by atoms with Gasteiger partial charge in [0.2, 0.25) is 12.2 Å². The summed E-state index contributed by atoms with van der Waals surface area (Å²) < 4.78 is 0. The lowest BCUT2D eigenvalue weighted by Crippen LogP contribution is -2.00. The van der Waals surface area contributed by atoms with Gasteiger partial charge in [-0.2, -0.15) is 9.98 Å². The average Bonchev–Trinajstić information content (AvgIpc) is 2.30. The van der Waals surface area contributed by atoms with Crippen LogP contribution in [-0.2, 0) is 9.59 Å². The summed E-state index contributed by atoms with van der Waals surface area (Å²) in [7, 11) is 0. The van der Waals surface area contributed by atoms with Crippen LogP contribution in [0.5, 0.6) is 0 Å². The zero-order valence-corrected chi connectivity index (χ0v) is 11.3. The lowest BCUT2D eigenvalue weighted by Gasteiger charge is -2.19. The molecule has 0 fully saturated rings. The summed E-state index contributed by atoms with van der Waals surface area (Å²) >= 11 is 0. The molecule has 1 aromatic carbocycles. The van der Waals surface area contributed by atoms with Gasteiger partial charge in [0.15, 0.2) is 0 Å². The van der Waals surface area contributed by atoms with E-state index in [1.165, 1.54) is 12.2 Å². The molecule has 94 valence electrons. The highest BCUT2D eigenvalue weighted by Crippen LogP contribution is 2.41. The van der Waals surface area contributed by atoms with E-state index in [1.807, 2.05) is 20.8 Å². The number of hydrogen-bond donors (Lipinski definition) is 0. The van der Waals surface area contributed by atoms with E-state index in [-0.39, 0.29) is 0 Å². The number of carbonyl (C=O) groups excluding carboxylic acids is 2. The largest absolute Gasteiger partial charge is 0.240 e. The van der Waals surface area contributed by atoms with Crippen LogP contribution in [0.3, 0.4) is 0 Å². The van der Waals surface area contributed by atoms with Crippen molar-refractivity contribution >= 4 is 23.5 Å². The monoisotopic (exact) mass is 244 g/mol. The third-order valence-electron chi connectivity index (χ3n) is 3.20. The van der Waals surface area contributed by atoms with Gasteiger partial charge in [-0.3, -0.25) is 0 Å². The molecule has 0 aliphatic heterocycles. The Kier molecular flexibility index (Phi) is 4.33. The molecule has 4 nitrogen and oxygen atoms in total. The standard InChI is InChI=1S/C14H16N2O2/c1-8(2)12-9(3)10(4)13(15-6-17)14(11(12)5)16-7-18/h8H,1-5H3. The quantitative estimate of drug-likeness (QED) is 0.601. The fraction of sp³-hybridized carbons (Fsp3) is 0.429. The molecule has 0 unspecified atom stereocenters. The third kappa shape index (κ3) is 2.30. The van der Waals surface area contributed by atoms with Crippen LogP contribution in [0.15, 0.2) is 9.98 Å². The Labute approximate surface area is 106 Å². The van der Waals surface area contributed by atoms with Gasteiger partial charge in [-0.25, -0.2) is 9.59 Å². The predicted octanol–water partition coefficient (Wildman–Crippen LogP) is 3.67. The molecule has 4 heteroatoms. The first-order valence-electron chi connectivity index (χ1n) is 5.75. The molecule has 0 aromatic heterocycles. The van der Waals surface area contributed by atoms with Crippen molar-refractivity contribution in [3.8, 4) is 0 Å². The van der Waals surface area contributed by atoms with E-state index in [1.54, 1.807) is 0 Å². The van der Waals surface area contributed by atoms with Gasteiger partial charge >= 0.3 is 0 Å².